The van der Waals surface area contributed by atoms with Gasteiger partial charge in [0.1, 0.15) is 6.33 Å². The van der Waals surface area contributed by atoms with Crippen LogP contribution in [0.15, 0.2) is 36.7 Å². The normalized spacial score (nSPS) is 11.1. The minimum absolute atomic E-state index is 0.0842. The third kappa shape index (κ3) is 4.13. The van der Waals surface area contributed by atoms with E-state index in [1.54, 1.807) is 11.0 Å². The molecule has 0 bridgehead atoms. The lowest BCUT2D eigenvalue weighted by atomic mass is 10.2. The van der Waals surface area contributed by atoms with Gasteiger partial charge in [-0.1, -0.05) is 30.3 Å². The number of benzene rings is 1. The zero-order chi connectivity index (χ0) is 15.2. The largest absolute Gasteiger partial charge is 0.463 e. The van der Waals surface area contributed by atoms with Gasteiger partial charge in [-0.3, -0.25) is 4.90 Å². The van der Waals surface area contributed by atoms with Crippen molar-refractivity contribution in [1.82, 2.24) is 19.7 Å². The average molecular weight is 288 g/mol. The second-order valence-electron chi connectivity index (χ2n) is 5.07. The molecule has 0 spiro atoms. The SMILES string of the molecule is COC(=O)c1ncn(CN(Cc2ccccc2)C(C)C)n1. The van der Waals surface area contributed by atoms with Crippen LogP contribution in [0.4, 0.5) is 0 Å². The highest BCUT2D eigenvalue weighted by Crippen LogP contribution is 2.09. The molecule has 0 radical (unpaired) electrons. The lowest BCUT2D eigenvalue weighted by Crippen LogP contribution is -2.32. The average Bonchev–Trinajstić information content (AvgIpc) is 2.95. The van der Waals surface area contributed by atoms with E-state index in [0.717, 1.165) is 6.54 Å². The molecule has 112 valence electrons. The summed E-state index contributed by atoms with van der Waals surface area (Å²) >= 11 is 0. The maximum absolute atomic E-state index is 11.4. The first-order chi connectivity index (χ1) is 10.1. The highest BCUT2D eigenvalue weighted by atomic mass is 16.5. The summed E-state index contributed by atoms with van der Waals surface area (Å²) in [7, 11) is 1.32. The minimum Gasteiger partial charge on any atom is -0.463 e. The van der Waals surface area contributed by atoms with Crippen LogP contribution < -0.4 is 0 Å². The maximum Gasteiger partial charge on any atom is 0.377 e. The van der Waals surface area contributed by atoms with Gasteiger partial charge >= 0.3 is 5.97 Å². The first-order valence-electron chi connectivity index (χ1n) is 6.86. The summed E-state index contributed by atoms with van der Waals surface area (Å²) < 4.78 is 6.25. The summed E-state index contributed by atoms with van der Waals surface area (Å²) in [6, 6.07) is 10.6. The van der Waals surface area contributed by atoms with Crippen LogP contribution in [0.2, 0.25) is 0 Å². The van der Waals surface area contributed by atoms with Crippen molar-refractivity contribution in [2.45, 2.75) is 33.1 Å². The van der Waals surface area contributed by atoms with Crippen LogP contribution in [0.3, 0.4) is 0 Å². The standard InChI is InChI=1S/C15H20N4O2/c1-12(2)18(9-13-7-5-4-6-8-13)11-19-10-16-14(17-19)15(20)21-3/h4-8,10,12H,9,11H2,1-3H3. The number of aromatic nitrogens is 3. The highest BCUT2D eigenvalue weighted by molar-refractivity contribution is 5.84. The monoisotopic (exact) mass is 288 g/mol. The molecule has 0 atom stereocenters. The smallest absolute Gasteiger partial charge is 0.377 e. The molecule has 0 aliphatic rings. The van der Waals surface area contributed by atoms with Crippen molar-refractivity contribution in [3.05, 3.63) is 48.0 Å². The van der Waals surface area contributed by atoms with Crippen molar-refractivity contribution in [3.63, 3.8) is 0 Å². The van der Waals surface area contributed by atoms with E-state index in [2.05, 4.69) is 45.7 Å². The van der Waals surface area contributed by atoms with E-state index >= 15 is 0 Å². The van der Waals surface area contributed by atoms with Gasteiger partial charge in [-0.25, -0.2) is 14.5 Å². The Labute approximate surface area is 124 Å². The number of methoxy groups -OCH3 is 1. The Morgan fingerprint density at radius 2 is 2.05 bits per heavy atom. The zero-order valence-electron chi connectivity index (χ0n) is 12.6. The molecular formula is C15H20N4O2. The van der Waals surface area contributed by atoms with Gasteiger partial charge in [-0.15, -0.1) is 5.10 Å². The van der Waals surface area contributed by atoms with Crippen molar-refractivity contribution in [3.8, 4) is 0 Å². The van der Waals surface area contributed by atoms with Gasteiger partial charge in [0.25, 0.3) is 5.82 Å². The van der Waals surface area contributed by atoms with Crippen LogP contribution in [0.1, 0.15) is 30.0 Å². The molecule has 0 N–H and O–H groups in total. The van der Waals surface area contributed by atoms with Gasteiger partial charge in [-0.2, -0.15) is 0 Å². The molecule has 0 unspecified atom stereocenters. The fourth-order valence-corrected chi connectivity index (χ4v) is 1.95. The molecule has 1 aromatic carbocycles. The van der Waals surface area contributed by atoms with Crippen molar-refractivity contribution in [2.75, 3.05) is 7.11 Å². The second kappa shape index (κ2) is 6.99. The molecule has 0 aliphatic heterocycles. The molecule has 2 aromatic rings. The minimum atomic E-state index is -0.520. The van der Waals surface area contributed by atoms with E-state index in [1.807, 2.05) is 18.2 Å². The van der Waals surface area contributed by atoms with Crippen LogP contribution in [0.25, 0.3) is 0 Å². The van der Waals surface area contributed by atoms with E-state index in [1.165, 1.54) is 12.7 Å². The summed E-state index contributed by atoms with van der Waals surface area (Å²) in [5.74, 6) is -0.436. The van der Waals surface area contributed by atoms with Gasteiger partial charge in [0.15, 0.2) is 0 Å². The van der Waals surface area contributed by atoms with Crippen molar-refractivity contribution >= 4 is 5.97 Å². The van der Waals surface area contributed by atoms with E-state index in [0.29, 0.717) is 12.7 Å². The summed E-state index contributed by atoms with van der Waals surface area (Å²) in [5.41, 5.74) is 1.24. The molecule has 21 heavy (non-hydrogen) atoms. The number of ether oxygens (including phenoxy) is 1. The van der Waals surface area contributed by atoms with E-state index in [-0.39, 0.29) is 5.82 Å². The maximum atomic E-state index is 11.4. The predicted octanol–water partition coefficient (Wildman–Crippen LogP) is 1.93. The highest BCUT2D eigenvalue weighted by Gasteiger charge is 2.15. The summed E-state index contributed by atoms with van der Waals surface area (Å²) in [6.07, 6.45) is 1.55. The second-order valence-corrected chi connectivity index (χ2v) is 5.07. The third-order valence-corrected chi connectivity index (χ3v) is 3.19. The van der Waals surface area contributed by atoms with Gasteiger partial charge in [0, 0.05) is 12.6 Å². The number of nitrogens with zero attached hydrogens (tertiary/aromatic N) is 4. The molecule has 1 aromatic heterocycles. The van der Waals surface area contributed by atoms with Crippen LogP contribution >= 0.6 is 0 Å². The number of carbonyl (C=O) groups excluding carboxylic acids is 1. The first-order valence-corrected chi connectivity index (χ1v) is 6.86. The fourth-order valence-electron chi connectivity index (χ4n) is 1.95. The number of hydrogen-bond donors (Lipinski definition) is 0. The molecule has 0 aliphatic carbocycles. The van der Waals surface area contributed by atoms with Crippen LogP contribution in [0.5, 0.6) is 0 Å². The Hall–Kier alpha value is -2.21. The molecule has 0 saturated heterocycles. The summed E-state index contributed by atoms with van der Waals surface area (Å²) in [5, 5.41) is 4.13. The van der Waals surface area contributed by atoms with Crippen molar-refractivity contribution < 1.29 is 9.53 Å². The number of carbonyl (C=O) groups is 1. The molecular weight excluding hydrogens is 268 g/mol. The summed E-state index contributed by atoms with van der Waals surface area (Å²) in [4.78, 5) is 17.6. The van der Waals surface area contributed by atoms with E-state index < -0.39 is 5.97 Å². The van der Waals surface area contributed by atoms with Gasteiger partial charge in [0.05, 0.1) is 13.8 Å². The lowest BCUT2D eigenvalue weighted by molar-refractivity contribution is 0.0585. The molecule has 0 fully saturated rings. The topological polar surface area (TPSA) is 60.2 Å². The number of hydrogen-bond acceptors (Lipinski definition) is 5. The molecule has 0 saturated carbocycles. The summed E-state index contributed by atoms with van der Waals surface area (Å²) in [6.45, 7) is 5.63. The number of rotatable bonds is 6. The van der Waals surface area contributed by atoms with Crippen LogP contribution in [-0.2, 0) is 18.0 Å². The molecule has 1 heterocycles. The van der Waals surface area contributed by atoms with Gasteiger partial charge < -0.3 is 4.74 Å². The Kier molecular flexibility index (Phi) is 5.05. The van der Waals surface area contributed by atoms with Gasteiger partial charge in [0.2, 0.25) is 0 Å². The quantitative estimate of drug-likeness (QED) is 0.760. The van der Waals surface area contributed by atoms with E-state index in [4.69, 9.17) is 0 Å². The van der Waals surface area contributed by atoms with Crippen molar-refractivity contribution in [2.24, 2.45) is 0 Å². The van der Waals surface area contributed by atoms with Crippen molar-refractivity contribution in [1.29, 1.82) is 0 Å². The molecule has 2 rings (SSSR count). The fraction of sp³-hybridized carbons (Fsp3) is 0.400. The Morgan fingerprint density at radius 3 is 2.67 bits per heavy atom. The Bertz CT molecular complexity index is 580. The zero-order valence-corrected chi connectivity index (χ0v) is 12.6. The molecule has 6 heteroatoms. The third-order valence-electron chi connectivity index (χ3n) is 3.19. The van der Waals surface area contributed by atoms with Crippen LogP contribution in [-0.4, -0.2) is 38.8 Å². The first kappa shape index (κ1) is 15.2. The molecule has 0 amide bonds. The Morgan fingerprint density at radius 1 is 1.33 bits per heavy atom. The molecule has 6 nitrogen and oxygen atoms in total. The lowest BCUT2D eigenvalue weighted by Gasteiger charge is -2.26. The van der Waals surface area contributed by atoms with Gasteiger partial charge in [-0.05, 0) is 19.4 Å². The van der Waals surface area contributed by atoms with E-state index in [9.17, 15) is 4.79 Å². The predicted molar refractivity (Wildman–Crippen MR) is 78.5 cm³/mol. The van der Waals surface area contributed by atoms with Crippen LogP contribution in [0, 0.1) is 0 Å². The Balaban J connectivity index is 2.06. The number of esters is 1.